The van der Waals surface area contributed by atoms with E-state index in [4.69, 9.17) is 5.14 Å². The first-order chi connectivity index (χ1) is 11.5. The highest BCUT2D eigenvalue weighted by Gasteiger charge is 2.07. The molecule has 0 saturated heterocycles. The van der Waals surface area contributed by atoms with Gasteiger partial charge in [0.2, 0.25) is 5.91 Å². The number of hydrogen-bond acceptors (Lipinski definition) is 3. The van der Waals surface area contributed by atoms with E-state index in [1.54, 1.807) is 4.72 Å². The van der Waals surface area contributed by atoms with E-state index in [0.29, 0.717) is 6.42 Å². The minimum absolute atomic E-state index is 0.217. The van der Waals surface area contributed by atoms with E-state index in [1.807, 2.05) is 0 Å². The normalized spacial score (nSPS) is 11.9. The largest absolute Gasteiger partial charge is 0.298 e. The number of amides is 1. The van der Waals surface area contributed by atoms with Crippen molar-refractivity contribution in [3.05, 3.63) is 12.2 Å². The van der Waals surface area contributed by atoms with Gasteiger partial charge in [0, 0.05) is 6.42 Å². The number of unbranched alkanes of at least 4 members (excludes halogenated alkanes) is 11. The third-order valence-corrected chi connectivity index (χ3v) is 4.43. The van der Waals surface area contributed by atoms with Gasteiger partial charge in [0.25, 0.3) is 10.2 Å². The number of nitrogens with one attached hydrogen (secondary N) is 1. The Morgan fingerprint density at radius 1 is 0.833 bits per heavy atom. The number of carbonyl (C=O) groups is 1. The Hall–Kier alpha value is -0.880. The van der Waals surface area contributed by atoms with Crippen molar-refractivity contribution >= 4 is 16.1 Å². The van der Waals surface area contributed by atoms with Gasteiger partial charge < -0.3 is 0 Å². The molecule has 0 fully saturated rings. The van der Waals surface area contributed by atoms with Crippen LogP contribution in [-0.2, 0) is 15.0 Å². The molecule has 6 heteroatoms. The van der Waals surface area contributed by atoms with Gasteiger partial charge in [-0.1, -0.05) is 70.4 Å². The van der Waals surface area contributed by atoms with Crippen LogP contribution in [0.15, 0.2) is 12.2 Å². The number of carbonyl (C=O) groups excluding carboxylic acids is 1. The van der Waals surface area contributed by atoms with Gasteiger partial charge in [-0.05, 0) is 32.1 Å². The lowest BCUT2D eigenvalue weighted by Gasteiger charge is -2.02. The SMILES string of the molecule is CCCCCCCCC=CCCCCCCCC(=O)NS(N)(=O)=O. The molecule has 0 atom stereocenters. The number of rotatable bonds is 16. The first-order valence-corrected chi connectivity index (χ1v) is 11.0. The van der Waals surface area contributed by atoms with Gasteiger partial charge in [0.1, 0.15) is 0 Å². The maximum absolute atomic E-state index is 11.2. The molecule has 24 heavy (non-hydrogen) atoms. The number of allylic oxidation sites excluding steroid dienone is 2. The van der Waals surface area contributed by atoms with Gasteiger partial charge in [-0.15, -0.1) is 0 Å². The van der Waals surface area contributed by atoms with E-state index in [0.717, 1.165) is 25.7 Å². The second-order valence-corrected chi connectivity index (χ2v) is 7.70. The van der Waals surface area contributed by atoms with Gasteiger partial charge in [-0.25, -0.2) is 9.86 Å². The molecule has 0 aromatic heterocycles. The van der Waals surface area contributed by atoms with E-state index >= 15 is 0 Å². The standard InChI is InChI=1S/C18H36N2O3S/c1-2-3-4-5-6-7-8-9-10-11-12-13-14-15-16-17-18(21)20-24(19,22)23/h9-10H,2-8,11-17H2,1H3,(H,20,21)(H2,19,22,23). The smallest absolute Gasteiger partial charge is 0.274 e. The van der Waals surface area contributed by atoms with Crippen molar-refractivity contribution in [3.8, 4) is 0 Å². The molecule has 5 nitrogen and oxygen atoms in total. The van der Waals surface area contributed by atoms with Gasteiger partial charge in [-0.2, -0.15) is 8.42 Å². The molecule has 0 spiro atoms. The van der Waals surface area contributed by atoms with Crippen LogP contribution >= 0.6 is 0 Å². The highest BCUT2D eigenvalue weighted by atomic mass is 32.2. The van der Waals surface area contributed by atoms with Crippen molar-refractivity contribution in [3.63, 3.8) is 0 Å². The zero-order valence-electron chi connectivity index (χ0n) is 15.3. The molecule has 0 unspecified atom stereocenters. The average molecular weight is 361 g/mol. The second kappa shape index (κ2) is 15.6. The fraction of sp³-hybridized carbons (Fsp3) is 0.833. The van der Waals surface area contributed by atoms with Crippen molar-refractivity contribution in [2.45, 2.75) is 96.8 Å². The Labute approximate surface area is 148 Å². The summed E-state index contributed by atoms with van der Waals surface area (Å²) in [7, 11) is -3.90. The van der Waals surface area contributed by atoms with Crippen molar-refractivity contribution < 1.29 is 13.2 Å². The van der Waals surface area contributed by atoms with Crippen molar-refractivity contribution in [2.75, 3.05) is 0 Å². The minimum Gasteiger partial charge on any atom is -0.274 e. The molecular weight excluding hydrogens is 324 g/mol. The summed E-state index contributed by atoms with van der Waals surface area (Å²) >= 11 is 0. The summed E-state index contributed by atoms with van der Waals surface area (Å²) in [6.45, 7) is 2.24. The molecule has 0 aliphatic heterocycles. The molecule has 142 valence electrons. The lowest BCUT2D eigenvalue weighted by Crippen LogP contribution is -2.35. The van der Waals surface area contributed by atoms with E-state index in [1.165, 1.54) is 51.4 Å². The Balaban J connectivity index is 3.27. The van der Waals surface area contributed by atoms with E-state index in [-0.39, 0.29) is 6.42 Å². The predicted octanol–water partition coefficient (Wildman–Crippen LogP) is 4.34. The Kier molecular flexibility index (Phi) is 15.1. The topological polar surface area (TPSA) is 89.3 Å². The minimum atomic E-state index is -3.90. The van der Waals surface area contributed by atoms with Crippen LogP contribution in [-0.4, -0.2) is 14.3 Å². The Morgan fingerprint density at radius 2 is 1.29 bits per heavy atom. The van der Waals surface area contributed by atoms with Gasteiger partial charge in [0.15, 0.2) is 0 Å². The van der Waals surface area contributed by atoms with Crippen LogP contribution in [0.5, 0.6) is 0 Å². The first kappa shape index (κ1) is 23.1. The third kappa shape index (κ3) is 19.2. The second-order valence-electron chi connectivity index (χ2n) is 6.40. The molecule has 1 amide bonds. The van der Waals surface area contributed by atoms with Crippen LogP contribution < -0.4 is 9.86 Å². The fourth-order valence-corrected chi connectivity index (χ4v) is 2.99. The number of hydrogen-bond donors (Lipinski definition) is 2. The lowest BCUT2D eigenvalue weighted by atomic mass is 10.1. The molecule has 0 rings (SSSR count). The highest BCUT2D eigenvalue weighted by Crippen LogP contribution is 2.09. The summed E-state index contributed by atoms with van der Waals surface area (Å²) in [4.78, 5) is 11.2. The summed E-state index contributed by atoms with van der Waals surface area (Å²) in [6.07, 6.45) is 20.3. The molecule has 0 aliphatic carbocycles. The molecule has 0 radical (unpaired) electrons. The Bertz CT molecular complexity index is 434. The molecular formula is C18H36N2O3S. The Morgan fingerprint density at radius 3 is 1.79 bits per heavy atom. The maximum Gasteiger partial charge on any atom is 0.298 e. The van der Waals surface area contributed by atoms with Crippen LogP contribution in [0.2, 0.25) is 0 Å². The molecule has 0 saturated carbocycles. The van der Waals surface area contributed by atoms with Crippen LogP contribution in [0.25, 0.3) is 0 Å². The lowest BCUT2D eigenvalue weighted by molar-refractivity contribution is -0.119. The fourth-order valence-electron chi connectivity index (χ4n) is 2.57. The summed E-state index contributed by atoms with van der Waals surface area (Å²) in [5.74, 6) is -0.518. The number of nitrogens with two attached hydrogens (primary N) is 1. The van der Waals surface area contributed by atoms with Crippen molar-refractivity contribution in [2.24, 2.45) is 5.14 Å². The zero-order chi connectivity index (χ0) is 18.1. The zero-order valence-corrected chi connectivity index (χ0v) is 16.1. The predicted molar refractivity (Wildman–Crippen MR) is 101 cm³/mol. The monoisotopic (exact) mass is 360 g/mol. The molecule has 0 aromatic rings. The van der Waals surface area contributed by atoms with Gasteiger partial charge >= 0.3 is 0 Å². The molecule has 0 aromatic carbocycles. The van der Waals surface area contributed by atoms with Crippen LogP contribution in [0.4, 0.5) is 0 Å². The first-order valence-electron chi connectivity index (χ1n) is 9.44. The van der Waals surface area contributed by atoms with E-state index in [9.17, 15) is 13.2 Å². The summed E-state index contributed by atoms with van der Waals surface area (Å²) < 4.78 is 23.1. The van der Waals surface area contributed by atoms with Crippen LogP contribution in [0.1, 0.15) is 96.8 Å². The molecule has 3 N–H and O–H groups in total. The average Bonchev–Trinajstić information content (AvgIpc) is 2.49. The summed E-state index contributed by atoms with van der Waals surface area (Å²) in [6, 6.07) is 0. The molecule has 0 bridgehead atoms. The quantitative estimate of drug-likeness (QED) is 0.317. The van der Waals surface area contributed by atoms with Crippen molar-refractivity contribution in [1.82, 2.24) is 4.72 Å². The summed E-state index contributed by atoms with van der Waals surface area (Å²) in [5.41, 5.74) is 0. The van der Waals surface area contributed by atoms with Gasteiger partial charge in [-0.3, -0.25) is 4.79 Å². The highest BCUT2D eigenvalue weighted by molar-refractivity contribution is 7.87. The molecule has 0 heterocycles. The van der Waals surface area contributed by atoms with Crippen molar-refractivity contribution in [1.29, 1.82) is 0 Å². The van der Waals surface area contributed by atoms with Crippen LogP contribution in [0, 0.1) is 0 Å². The van der Waals surface area contributed by atoms with Gasteiger partial charge in [0.05, 0.1) is 0 Å². The summed E-state index contributed by atoms with van der Waals surface area (Å²) in [5, 5.41) is 4.73. The molecule has 0 aliphatic rings. The third-order valence-electron chi connectivity index (χ3n) is 3.92. The maximum atomic E-state index is 11.2. The van der Waals surface area contributed by atoms with E-state index < -0.39 is 16.1 Å². The van der Waals surface area contributed by atoms with E-state index in [2.05, 4.69) is 19.1 Å². The van der Waals surface area contributed by atoms with Crippen LogP contribution in [0.3, 0.4) is 0 Å².